The molecule has 4 aliphatic carbocycles. The molecule has 0 radical (unpaired) electrons. The smallest absolute Gasteiger partial charge is 0.302 e. The third-order valence-electron chi connectivity index (χ3n) is 10.4. The van der Waals surface area contributed by atoms with E-state index in [0.717, 1.165) is 5.56 Å². The van der Waals surface area contributed by atoms with Gasteiger partial charge in [-0.1, -0.05) is 19.9 Å². The van der Waals surface area contributed by atoms with E-state index in [0.29, 0.717) is 18.4 Å². The predicted octanol–water partition coefficient (Wildman–Crippen LogP) is 4.43. The monoisotopic (exact) mass is 480 g/mol. The minimum absolute atomic E-state index is 0.0453. The zero-order valence-electron chi connectivity index (χ0n) is 21.0. The Morgan fingerprint density at radius 1 is 1.17 bits per heavy atom. The number of epoxide rings is 1. The highest BCUT2D eigenvalue weighted by atomic mass is 16.6. The van der Waals surface area contributed by atoms with Gasteiger partial charge in [-0.25, -0.2) is 0 Å². The zero-order valence-corrected chi connectivity index (χ0v) is 21.0. The molecule has 6 rings (SSSR count). The van der Waals surface area contributed by atoms with Crippen molar-refractivity contribution in [3.05, 3.63) is 47.6 Å². The van der Waals surface area contributed by atoms with Crippen LogP contribution in [0.2, 0.25) is 0 Å². The van der Waals surface area contributed by atoms with Crippen LogP contribution in [0.3, 0.4) is 0 Å². The summed E-state index contributed by atoms with van der Waals surface area (Å²) < 4.78 is 17.9. The lowest BCUT2D eigenvalue weighted by atomic mass is 9.38. The van der Waals surface area contributed by atoms with Crippen LogP contribution in [0.1, 0.15) is 65.9 Å². The van der Waals surface area contributed by atoms with Crippen LogP contribution in [0.25, 0.3) is 0 Å². The van der Waals surface area contributed by atoms with E-state index in [4.69, 9.17) is 13.9 Å². The van der Waals surface area contributed by atoms with Crippen LogP contribution < -0.4 is 0 Å². The van der Waals surface area contributed by atoms with E-state index in [1.807, 2.05) is 19.9 Å². The number of aliphatic hydroxyl groups is 1. The molecular weight excluding hydrogens is 448 g/mol. The molecule has 2 heterocycles. The van der Waals surface area contributed by atoms with E-state index in [2.05, 4.69) is 6.92 Å². The van der Waals surface area contributed by atoms with Crippen LogP contribution in [0.4, 0.5) is 0 Å². The Balaban J connectivity index is 1.62. The number of carbonyl (C=O) groups excluding carboxylic acids is 3. The van der Waals surface area contributed by atoms with Gasteiger partial charge in [0.05, 0.1) is 29.5 Å². The summed E-state index contributed by atoms with van der Waals surface area (Å²) in [5.41, 5.74) is -3.06. The van der Waals surface area contributed by atoms with Crippen molar-refractivity contribution in [1.82, 2.24) is 0 Å². The second kappa shape index (κ2) is 6.36. The van der Waals surface area contributed by atoms with Crippen LogP contribution in [0.15, 0.2) is 46.5 Å². The number of hydrogen-bond donors (Lipinski definition) is 1. The van der Waals surface area contributed by atoms with Gasteiger partial charge >= 0.3 is 5.97 Å². The van der Waals surface area contributed by atoms with Crippen molar-refractivity contribution in [2.24, 2.45) is 27.6 Å². The molecule has 1 aliphatic heterocycles. The van der Waals surface area contributed by atoms with Gasteiger partial charge in [-0.15, -0.1) is 0 Å². The lowest BCUT2D eigenvalue weighted by molar-refractivity contribution is -0.200. The predicted molar refractivity (Wildman–Crippen MR) is 124 cm³/mol. The van der Waals surface area contributed by atoms with Crippen molar-refractivity contribution in [2.75, 3.05) is 0 Å². The Bertz CT molecular complexity index is 1240. The zero-order chi connectivity index (χ0) is 25.3. The largest absolute Gasteiger partial charge is 0.504 e. The van der Waals surface area contributed by atoms with E-state index < -0.39 is 51.0 Å². The van der Waals surface area contributed by atoms with Gasteiger partial charge < -0.3 is 19.0 Å². The average molecular weight is 481 g/mol. The van der Waals surface area contributed by atoms with Gasteiger partial charge in [0.1, 0.15) is 11.7 Å². The van der Waals surface area contributed by atoms with Gasteiger partial charge in [0, 0.05) is 23.7 Å². The highest BCUT2D eigenvalue weighted by molar-refractivity contribution is 6.06. The van der Waals surface area contributed by atoms with Crippen LogP contribution in [-0.4, -0.2) is 40.5 Å². The topological polar surface area (TPSA) is 106 Å². The molecule has 1 aromatic heterocycles. The second-order valence-corrected chi connectivity index (χ2v) is 12.3. The normalized spacial score (nSPS) is 47.0. The molecule has 35 heavy (non-hydrogen) atoms. The first kappa shape index (κ1) is 22.8. The number of fused-ring (bicyclic) bond motifs is 3. The maximum atomic E-state index is 14.3. The van der Waals surface area contributed by atoms with Gasteiger partial charge in [0.15, 0.2) is 11.5 Å². The van der Waals surface area contributed by atoms with Crippen molar-refractivity contribution < 1.29 is 33.4 Å². The molecule has 2 saturated carbocycles. The first-order valence-corrected chi connectivity index (χ1v) is 12.4. The maximum Gasteiger partial charge on any atom is 0.302 e. The molecule has 0 unspecified atom stereocenters. The molecule has 186 valence electrons. The minimum Gasteiger partial charge on any atom is -0.504 e. The molecule has 1 N–H and O–H groups in total. The van der Waals surface area contributed by atoms with E-state index in [1.165, 1.54) is 6.92 Å². The summed E-state index contributed by atoms with van der Waals surface area (Å²) in [6.45, 7) is 10.8. The second-order valence-electron chi connectivity index (χ2n) is 12.3. The number of allylic oxidation sites excluding steroid dienone is 4. The Labute approximate surface area is 204 Å². The molecule has 1 saturated heterocycles. The molecule has 7 nitrogen and oxygen atoms in total. The molecule has 0 aromatic carbocycles. The van der Waals surface area contributed by atoms with E-state index >= 15 is 0 Å². The summed E-state index contributed by atoms with van der Waals surface area (Å²) in [7, 11) is 0. The number of hydrogen-bond acceptors (Lipinski definition) is 7. The van der Waals surface area contributed by atoms with Gasteiger partial charge in [-0.05, 0) is 62.8 Å². The first-order chi connectivity index (χ1) is 16.3. The summed E-state index contributed by atoms with van der Waals surface area (Å²) in [5.74, 6) is -1.84. The van der Waals surface area contributed by atoms with Crippen LogP contribution in [0, 0.1) is 27.6 Å². The van der Waals surface area contributed by atoms with E-state index in [1.54, 1.807) is 38.5 Å². The number of ketones is 2. The lowest BCUT2D eigenvalue weighted by Crippen LogP contribution is -2.70. The van der Waals surface area contributed by atoms with Gasteiger partial charge in [0.2, 0.25) is 5.78 Å². The molecule has 0 bridgehead atoms. The Kier molecular flexibility index (Phi) is 4.14. The van der Waals surface area contributed by atoms with Crippen LogP contribution in [-0.2, 0) is 23.9 Å². The SMILES string of the molecule is CC(=O)O[C@@H]1C[C@@]2(C)[C@@H](c3ccoc3)C[C@H]3O[C@]32[C@]2(C)C(=O)C(O)=C3C(C)(C)C(=O)C=C[C@]3(C)[C@@H]12. The molecule has 1 aromatic rings. The Hall–Kier alpha value is -2.67. The molecule has 7 heteroatoms. The highest BCUT2D eigenvalue weighted by Gasteiger charge is 2.88. The van der Waals surface area contributed by atoms with Crippen LogP contribution in [0.5, 0.6) is 0 Å². The van der Waals surface area contributed by atoms with Crippen molar-refractivity contribution in [3.63, 3.8) is 0 Å². The van der Waals surface area contributed by atoms with Gasteiger partial charge in [0.25, 0.3) is 0 Å². The van der Waals surface area contributed by atoms with E-state index in [-0.39, 0.29) is 23.6 Å². The quantitative estimate of drug-likeness (QED) is 0.493. The summed E-state index contributed by atoms with van der Waals surface area (Å²) in [4.78, 5) is 39.6. The number of rotatable bonds is 2. The third kappa shape index (κ3) is 2.30. The maximum absolute atomic E-state index is 14.3. The van der Waals surface area contributed by atoms with E-state index in [9.17, 15) is 19.5 Å². The first-order valence-electron chi connectivity index (χ1n) is 12.4. The fourth-order valence-electron chi connectivity index (χ4n) is 9.22. The number of furan rings is 1. The molecule has 8 atom stereocenters. The fraction of sp³-hybridized carbons (Fsp3) is 0.607. The molecule has 1 spiro atoms. The van der Waals surface area contributed by atoms with Crippen molar-refractivity contribution in [3.8, 4) is 0 Å². The number of esters is 1. The van der Waals surface area contributed by atoms with Crippen molar-refractivity contribution in [1.29, 1.82) is 0 Å². The summed E-state index contributed by atoms with van der Waals surface area (Å²) >= 11 is 0. The Morgan fingerprint density at radius 2 is 1.89 bits per heavy atom. The average Bonchev–Trinajstić information content (AvgIpc) is 3.13. The molecule has 3 fully saturated rings. The van der Waals surface area contributed by atoms with Crippen LogP contribution >= 0.6 is 0 Å². The summed E-state index contributed by atoms with van der Waals surface area (Å²) in [6, 6.07) is 1.95. The summed E-state index contributed by atoms with van der Waals surface area (Å²) in [6.07, 6.45) is 7.17. The highest BCUT2D eigenvalue weighted by Crippen LogP contribution is 2.81. The lowest BCUT2D eigenvalue weighted by Gasteiger charge is -2.64. The molecular formula is C28H32O7. The van der Waals surface area contributed by atoms with Gasteiger partial charge in [-0.3, -0.25) is 14.4 Å². The summed E-state index contributed by atoms with van der Waals surface area (Å²) in [5, 5.41) is 11.5. The number of Topliss-reactive ketones (excluding diaryl/α,β-unsaturated/α-hetero) is 1. The van der Waals surface area contributed by atoms with Crippen molar-refractivity contribution in [2.45, 2.75) is 78.1 Å². The fourth-order valence-corrected chi connectivity index (χ4v) is 9.22. The Morgan fingerprint density at radius 3 is 2.51 bits per heavy atom. The number of carbonyl (C=O) groups is 3. The van der Waals surface area contributed by atoms with Crippen molar-refractivity contribution >= 4 is 17.5 Å². The molecule has 5 aliphatic rings. The molecule has 0 amide bonds. The standard InChI is InChI=1S/C28H32O7/c1-14(29)34-17-12-26(5)16(15-8-10-33-13-15)11-19-28(26,35-19)27(6)21(17)25(4)9-7-18(30)24(2,3)22(25)20(31)23(27)32/h7-10,13,16-17,19,21,31H,11-12H2,1-6H3/t16-,17-,19-,21-,25-,26+,27+,28-/m1/s1. The minimum atomic E-state index is -1.17. The van der Waals surface area contributed by atoms with Gasteiger partial charge in [-0.2, -0.15) is 0 Å². The number of aliphatic hydroxyl groups excluding tert-OH is 1. The number of ether oxygens (including phenoxy) is 2. The third-order valence-corrected chi connectivity index (χ3v) is 10.4.